The van der Waals surface area contributed by atoms with Crippen molar-refractivity contribution in [1.82, 2.24) is 0 Å². The third-order valence-corrected chi connectivity index (χ3v) is 2.96. The molecule has 0 amide bonds. The number of carboxylic acids is 2. The first-order valence-corrected chi connectivity index (χ1v) is 5.55. The molecule has 1 aliphatic rings. The molecule has 0 spiro atoms. The third-order valence-electron chi connectivity index (χ3n) is 2.96. The fraction of sp³-hybridized carbons (Fsp3) is 0.667. The Bertz CT molecular complexity index is 306. The van der Waals surface area contributed by atoms with E-state index in [9.17, 15) is 9.59 Å². The van der Waals surface area contributed by atoms with Gasteiger partial charge in [-0.3, -0.25) is 9.59 Å². The lowest BCUT2D eigenvalue weighted by atomic mass is 9.76. The average molecular weight is 226 g/mol. The molecule has 0 saturated carbocycles. The van der Waals surface area contributed by atoms with E-state index in [0.29, 0.717) is 12.3 Å². The van der Waals surface area contributed by atoms with Crippen LogP contribution in [-0.4, -0.2) is 22.2 Å². The van der Waals surface area contributed by atoms with Gasteiger partial charge in [-0.05, 0) is 24.7 Å². The van der Waals surface area contributed by atoms with Gasteiger partial charge in [0.25, 0.3) is 0 Å². The Morgan fingerprint density at radius 2 is 1.88 bits per heavy atom. The van der Waals surface area contributed by atoms with Crippen LogP contribution in [-0.2, 0) is 9.59 Å². The van der Waals surface area contributed by atoms with Gasteiger partial charge in [0.15, 0.2) is 0 Å². The summed E-state index contributed by atoms with van der Waals surface area (Å²) in [5, 5.41) is 17.9. The van der Waals surface area contributed by atoms with Crippen molar-refractivity contribution in [3.05, 3.63) is 12.2 Å². The minimum atomic E-state index is -1.05. The summed E-state index contributed by atoms with van der Waals surface area (Å²) in [5.74, 6) is -3.04. The van der Waals surface area contributed by atoms with Gasteiger partial charge >= 0.3 is 11.9 Å². The highest BCUT2D eigenvalue weighted by Gasteiger charge is 2.36. The molecule has 3 unspecified atom stereocenters. The minimum absolute atomic E-state index is 0.191. The maximum Gasteiger partial charge on any atom is 0.311 e. The van der Waals surface area contributed by atoms with E-state index in [-0.39, 0.29) is 5.92 Å². The van der Waals surface area contributed by atoms with E-state index in [0.717, 1.165) is 6.42 Å². The summed E-state index contributed by atoms with van der Waals surface area (Å²) < 4.78 is 0. The molecule has 90 valence electrons. The molecule has 0 fully saturated rings. The summed E-state index contributed by atoms with van der Waals surface area (Å²) in [5.41, 5.74) is 0. The van der Waals surface area contributed by atoms with Crippen LogP contribution in [0.4, 0.5) is 0 Å². The number of carbonyl (C=O) groups is 2. The van der Waals surface area contributed by atoms with Crippen LogP contribution in [0.1, 0.15) is 26.7 Å². The molecule has 1 aliphatic carbocycles. The van der Waals surface area contributed by atoms with Crippen LogP contribution < -0.4 is 0 Å². The Hall–Kier alpha value is -1.32. The molecule has 0 saturated heterocycles. The largest absolute Gasteiger partial charge is 0.481 e. The summed E-state index contributed by atoms with van der Waals surface area (Å²) in [6, 6.07) is 0. The van der Waals surface area contributed by atoms with E-state index < -0.39 is 23.8 Å². The van der Waals surface area contributed by atoms with Crippen molar-refractivity contribution < 1.29 is 19.8 Å². The highest BCUT2D eigenvalue weighted by molar-refractivity contribution is 5.81. The van der Waals surface area contributed by atoms with E-state index in [1.807, 2.05) is 6.08 Å². The molecule has 2 N–H and O–H groups in total. The van der Waals surface area contributed by atoms with Crippen molar-refractivity contribution in [2.45, 2.75) is 26.7 Å². The van der Waals surface area contributed by atoms with Gasteiger partial charge in [0, 0.05) is 0 Å². The van der Waals surface area contributed by atoms with Gasteiger partial charge < -0.3 is 10.2 Å². The number of rotatable bonds is 4. The van der Waals surface area contributed by atoms with Crippen LogP contribution >= 0.6 is 0 Å². The van der Waals surface area contributed by atoms with Crippen molar-refractivity contribution >= 4 is 11.9 Å². The van der Waals surface area contributed by atoms with Crippen LogP contribution in [0.25, 0.3) is 0 Å². The minimum Gasteiger partial charge on any atom is -0.481 e. The number of hydrogen-bond donors (Lipinski definition) is 2. The van der Waals surface area contributed by atoms with Gasteiger partial charge in [-0.15, -0.1) is 0 Å². The zero-order valence-corrected chi connectivity index (χ0v) is 9.59. The van der Waals surface area contributed by atoms with Gasteiger partial charge in [0.1, 0.15) is 0 Å². The Morgan fingerprint density at radius 3 is 2.31 bits per heavy atom. The van der Waals surface area contributed by atoms with Crippen LogP contribution in [0, 0.1) is 23.7 Å². The number of carboxylic acid groups (broad SMARTS) is 2. The average Bonchev–Trinajstić information content (AvgIpc) is 2.16. The fourth-order valence-corrected chi connectivity index (χ4v) is 2.25. The Morgan fingerprint density at radius 1 is 1.25 bits per heavy atom. The van der Waals surface area contributed by atoms with Gasteiger partial charge in [0.2, 0.25) is 0 Å². The van der Waals surface area contributed by atoms with Crippen LogP contribution in [0.15, 0.2) is 12.2 Å². The zero-order valence-electron chi connectivity index (χ0n) is 9.59. The first-order valence-electron chi connectivity index (χ1n) is 5.55. The van der Waals surface area contributed by atoms with Crippen molar-refractivity contribution in [3.8, 4) is 0 Å². The van der Waals surface area contributed by atoms with E-state index in [2.05, 4.69) is 13.8 Å². The van der Waals surface area contributed by atoms with Crippen molar-refractivity contribution in [2.75, 3.05) is 0 Å². The Labute approximate surface area is 95.0 Å². The zero-order chi connectivity index (χ0) is 12.3. The summed E-state index contributed by atoms with van der Waals surface area (Å²) in [6.07, 6.45) is 4.74. The lowest BCUT2D eigenvalue weighted by Crippen LogP contribution is -2.33. The van der Waals surface area contributed by atoms with Crippen LogP contribution in [0.5, 0.6) is 0 Å². The number of allylic oxidation sites excluding steroid dienone is 1. The molecule has 0 radical (unpaired) electrons. The fourth-order valence-electron chi connectivity index (χ4n) is 2.25. The van der Waals surface area contributed by atoms with E-state index >= 15 is 0 Å². The third kappa shape index (κ3) is 3.08. The molecule has 0 bridgehead atoms. The monoisotopic (exact) mass is 226 g/mol. The maximum absolute atomic E-state index is 11.0. The predicted molar refractivity (Wildman–Crippen MR) is 59.0 cm³/mol. The topological polar surface area (TPSA) is 74.6 Å². The molecular formula is C12H18O4. The quantitative estimate of drug-likeness (QED) is 0.719. The number of hydrogen-bond acceptors (Lipinski definition) is 2. The second kappa shape index (κ2) is 5.14. The summed E-state index contributed by atoms with van der Waals surface area (Å²) in [6.45, 7) is 4.15. The SMILES string of the molecule is CC(C)CC1C=CC(C(=O)O)C(C(=O)O)C1. The highest BCUT2D eigenvalue weighted by atomic mass is 16.4. The lowest BCUT2D eigenvalue weighted by Gasteiger charge is -2.27. The summed E-state index contributed by atoms with van der Waals surface area (Å²) in [7, 11) is 0. The van der Waals surface area contributed by atoms with Crippen molar-refractivity contribution in [1.29, 1.82) is 0 Å². The van der Waals surface area contributed by atoms with Gasteiger partial charge in [-0.2, -0.15) is 0 Å². The first-order chi connectivity index (χ1) is 7.41. The van der Waals surface area contributed by atoms with Gasteiger partial charge in [-0.1, -0.05) is 26.0 Å². The standard InChI is InChI=1S/C12H18O4/c1-7(2)5-8-3-4-9(11(13)14)10(6-8)12(15)16/h3-4,7-10H,5-6H2,1-2H3,(H,13,14)(H,15,16). The molecule has 0 aromatic carbocycles. The molecule has 0 aromatic rings. The first kappa shape index (κ1) is 12.7. The van der Waals surface area contributed by atoms with Crippen molar-refractivity contribution in [3.63, 3.8) is 0 Å². The second-order valence-corrected chi connectivity index (χ2v) is 4.82. The Kier molecular flexibility index (Phi) is 4.10. The van der Waals surface area contributed by atoms with E-state index in [1.165, 1.54) is 6.08 Å². The lowest BCUT2D eigenvalue weighted by molar-refractivity contribution is -0.152. The molecule has 0 aliphatic heterocycles. The predicted octanol–water partition coefficient (Wildman–Crippen LogP) is 2.01. The molecule has 4 nitrogen and oxygen atoms in total. The number of aliphatic carboxylic acids is 2. The van der Waals surface area contributed by atoms with E-state index in [4.69, 9.17) is 10.2 Å². The summed E-state index contributed by atoms with van der Waals surface area (Å²) >= 11 is 0. The molecule has 3 atom stereocenters. The molecule has 4 heteroatoms. The van der Waals surface area contributed by atoms with Crippen molar-refractivity contribution in [2.24, 2.45) is 23.7 Å². The molecule has 1 rings (SSSR count). The van der Waals surface area contributed by atoms with E-state index in [1.54, 1.807) is 0 Å². The van der Waals surface area contributed by atoms with Crippen LogP contribution in [0.3, 0.4) is 0 Å². The molecule has 0 heterocycles. The van der Waals surface area contributed by atoms with Gasteiger partial charge in [0.05, 0.1) is 11.8 Å². The van der Waals surface area contributed by atoms with Gasteiger partial charge in [-0.25, -0.2) is 0 Å². The smallest absolute Gasteiger partial charge is 0.311 e. The van der Waals surface area contributed by atoms with Crippen LogP contribution in [0.2, 0.25) is 0 Å². The second-order valence-electron chi connectivity index (χ2n) is 4.82. The summed E-state index contributed by atoms with van der Waals surface area (Å²) in [4.78, 5) is 21.9. The molecule has 16 heavy (non-hydrogen) atoms. The molecule has 0 aromatic heterocycles. The normalized spacial score (nSPS) is 29.3. The Balaban J connectivity index is 2.78. The molecular weight excluding hydrogens is 208 g/mol. The highest BCUT2D eigenvalue weighted by Crippen LogP contribution is 2.32. The maximum atomic E-state index is 11.0.